The number of anilines is 1. The summed E-state index contributed by atoms with van der Waals surface area (Å²) < 4.78 is 16.0. The highest BCUT2D eigenvalue weighted by molar-refractivity contribution is 5.90. The van der Waals surface area contributed by atoms with Crippen molar-refractivity contribution in [2.45, 2.75) is 45.1 Å². The van der Waals surface area contributed by atoms with Gasteiger partial charge in [-0.3, -0.25) is 0 Å². The molecule has 0 saturated carbocycles. The van der Waals surface area contributed by atoms with Gasteiger partial charge in [0.25, 0.3) is 0 Å². The summed E-state index contributed by atoms with van der Waals surface area (Å²) in [5, 5.41) is 5.95. The van der Waals surface area contributed by atoms with Gasteiger partial charge in [0.05, 0.1) is 33.1 Å². The molecule has 0 spiro atoms. The minimum Gasteiger partial charge on any atom is -0.493 e. The van der Waals surface area contributed by atoms with E-state index in [1.54, 1.807) is 33.5 Å². The molecule has 29 heavy (non-hydrogen) atoms. The highest BCUT2D eigenvalue weighted by atomic mass is 16.5. The van der Waals surface area contributed by atoms with E-state index in [1.165, 1.54) is 24.0 Å². The molecule has 1 unspecified atom stereocenters. The Morgan fingerprint density at radius 2 is 1.62 bits per heavy atom. The van der Waals surface area contributed by atoms with Crippen LogP contribution >= 0.6 is 0 Å². The van der Waals surface area contributed by atoms with Crippen molar-refractivity contribution in [3.63, 3.8) is 0 Å². The average Bonchev–Trinajstić information content (AvgIpc) is 2.76. The molecule has 3 rings (SSSR count). The first-order valence-electron chi connectivity index (χ1n) is 10.1. The number of fused-ring (bicyclic) bond motifs is 1. The Morgan fingerprint density at radius 3 is 2.21 bits per heavy atom. The maximum atomic E-state index is 12.7. The van der Waals surface area contributed by atoms with Gasteiger partial charge in [0.2, 0.25) is 5.75 Å². The third kappa shape index (κ3) is 4.75. The van der Waals surface area contributed by atoms with Crippen molar-refractivity contribution in [1.82, 2.24) is 5.32 Å². The SMILES string of the molecule is CCC(NC(=O)Nc1cc(OC)c(OC)c(OC)c1)c1ccc2c(c1)CCCC2. The predicted molar refractivity (Wildman–Crippen MR) is 114 cm³/mol. The predicted octanol–water partition coefficient (Wildman–Crippen LogP) is 4.86. The molecule has 2 aromatic carbocycles. The molecule has 2 aromatic rings. The Kier molecular flexibility index (Phi) is 6.86. The average molecular weight is 399 g/mol. The first kappa shape index (κ1) is 20.8. The molecule has 2 N–H and O–H groups in total. The molecular weight excluding hydrogens is 368 g/mol. The van der Waals surface area contributed by atoms with Gasteiger partial charge in [-0.05, 0) is 48.8 Å². The van der Waals surface area contributed by atoms with Crippen molar-refractivity contribution in [2.75, 3.05) is 26.6 Å². The number of urea groups is 1. The van der Waals surface area contributed by atoms with E-state index in [2.05, 4.69) is 35.8 Å². The Balaban J connectivity index is 1.74. The lowest BCUT2D eigenvalue weighted by molar-refractivity contribution is 0.248. The molecule has 0 saturated heterocycles. The molecule has 1 aliphatic rings. The fourth-order valence-electron chi connectivity index (χ4n) is 3.87. The van der Waals surface area contributed by atoms with Crippen LogP contribution in [0.2, 0.25) is 0 Å². The van der Waals surface area contributed by atoms with Gasteiger partial charge in [-0.25, -0.2) is 4.79 Å². The van der Waals surface area contributed by atoms with Crippen molar-refractivity contribution in [3.8, 4) is 17.2 Å². The Hall–Kier alpha value is -2.89. The molecule has 0 heterocycles. The van der Waals surface area contributed by atoms with Crippen molar-refractivity contribution in [1.29, 1.82) is 0 Å². The minimum absolute atomic E-state index is 0.0516. The van der Waals surface area contributed by atoms with Gasteiger partial charge in [0, 0.05) is 12.1 Å². The van der Waals surface area contributed by atoms with Crippen LogP contribution < -0.4 is 24.8 Å². The van der Waals surface area contributed by atoms with Crippen LogP contribution in [0.15, 0.2) is 30.3 Å². The Bertz CT molecular complexity index is 841. The van der Waals surface area contributed by atoms with Crippen molar-refractivity contribution < 1.29 is 19.0 Å². The fraction of sp³-hybridized carbons (Fsp3) is 0.435. The van der Waals surface area contributed by atoms with Crippen LogP contribution in [0.1, 0.15) is 48.9 Å². The normalized spacial score (nSPS) is 13.8. The molecular formula is C23H30N2O4. The molecule has 1 aliphatic carbocycles. The van der Waals surface area contributed by atoms with Crippen LogP contribution in [-0.2, 0) is 12.8 Å². The van der Waals surface area contributed by atoms with Crippen LogP contribution in [0.5, 0.6) is 17.2 Å². The van der Waals surface area contributed by atoms with Gasteiger partial charge in [0.1, 0.15) is 0 Å². The molecule has 0 aromatic heterocycles. The van der Waals surface area contributed by atoms with Crippen LogP contribution in [0.3, 0.4) is 0 Å². The summed E-state index contributed by atoms with van der Waals surface area (Å²) in [5.74, 6) is 1.47. The maximum absolute atomic E-state index is 12.7. The van der Waals surface area contributed by atoms with Gasteiger partial charge in [-0.2, -0.15) is 0 Å². The number of methoxy groups -OCH3 is 3. The second-order valence-corrected chi connectivity index (χ2v) is 7.21. The van der Waals surface area contributed by atoms with E-state index < -0.39 is 0 Å². The molecule has 6 nitrogen and oxygen atoms in total. The fourth-order valence-corrected chi connectivity index (χ4v) is 3.87. The lowest BCUT2D eigenvalue weighted by Crippen LogP contribution is -2.32. The number of hydrogen-bond donors (Lipinski definition) is 2. The van der Waals surface area contributed by atoms with Crippen molar-refractivity contribution in [3.05, 3.63) is 47.0 Å². The summed E-state index contributed by atoms with van der Waals surface area (Å²) in [6.07, 6.45) is 5.58. The number of carbonyl (C=O) groups excluding carboxylic acids is 1. The molecule has 6 heteroatoms. The van der Waals surface area contributed by atoms with Gasteiger partial charge in [0.15, 0.2) is 11.5 Å². The number of benzene rings is 2. The second kappa shape index (κ2) is 9.54. The largest absolute Gasteiger partial charge is 0.493 e. The lowest BCUT2D eigenvalue weighted by Gasteiger charge is -2.22. The zero-order chi connectivity index (χ0) is 20.8. The van der Waals surface area contributed by atoms with E-state index >= 15 is 0 Å². The molecule has 156 valence electrons. The summed E-state index contributed by atoms with van der Waals surface area (Å²) in [4.78, 5) is 12.7. The highest BCUT2D eigenvalue weighted by Crippen LogP contribution is 2.40. The van der Waals surface area contributed by atoms with E-state index in [-0.39, 0.29) is 12.1 Å². The third-order valence-electron chi connectivity index (χ3n) is 5.41. The van der Waals surface area contributed by atoms with Crippen molar-refractivity contribution >= 4 is 11.7 Å². The van der Waals surface area contributed by atoms with E-state index in [9.17, 15) is 4.79 Å². The number of amides is 2. The van der Waals surface area contributed by atoms with Crippen molar-refractivity contribution in [2.24, 2.45) is 0 Å². The number of ether oxygens (including phenoxy) is 3. The zero-order valence-corrected chi connectivity index (χ0v) is 17.6. The Labute approximate surface area is 172 Å². The molecule has 2 amide bonds. The monoisotopic (exact) mass is 398 g/mol. The molecule has 0 fully saturated rings. The van der Waals surface area contributed by atoms with Gasteiger partial charge in [-0.1, -0.05) is 25.1 Å². The van der Waals surface area contributed by atoms with Gasteiger partial charge < -0.3 is 24.8 Å². The minimum atomic E-state index is -0.274. The van der Waals surface area contributed by atoms with E-state index in [1.807, 2.05) is 0 Å². The summed E-state index contributed by atoms with van der Waals surface area (Å²) in [6.45, 7) is 2.07. The van der Waals surface area contributed by atoms with Crippen LogP contribution in [-0.4, -0.2) is 27.4 Å². The molecule has 0 radical (unpaired) electrons. The van der Waals surface area contributed by atoms with Crippen LogP contribution in [0, 0.1) is 0 Å². The topological polar surface area (TPSA) is 68.8 Å². The number of aryl methyl sites for hydroxylation is 2. The van der Waals surface area contributed by atoms with Gasteiger partial charge in [-0.15, -0.1) is 0 Å². The zero-order valence-electron chi connectivity index (χ0n) is 17.6. The standard InChI is InChI=1S/C23H30N2O4/c1-5-19(17-11-10-15-8-6-7-9-16(15)12-17)25-23(26)24-18-13-20(27-2)22(29-4)21(14-18)28-3/h10-14,19H,5-9H2,1-4H3,(H2,24,25,26). The third-order valence-corrected chi connectivity index (χ3v) is 5.41. The Morgan fingerprint density at radius 1 is 0.966 bits per heavy atom. The summed E-state index contributed by atoms with van der Waals surface area (Å²) in [6, 6.07) is 9.70. The van der Waals surface area contributed by atoms with Gasteiger partial charge >= 0.3 is 6.03 Å². The quantitative estimate of drug-likeness (QED) is 0.699. The van der Waals surface area contributed by atoms with Crippen LogP contribution in [0.25, 0.3) is 0 Å². The summed E-state index contributed by atoms with van der Waals surface area (Å²) >= 11 is 0. The molecule has 0 bridgehead atoms. The lowest BCUT2D eigenvalue weighted by atomic mass is 9.89. The number of hydrogen-bond acceptors (Lipinski definition) is 4. The smallest absolute Gasteiger partial charge is 0.319 e. The number of rotatable bonds is 7. The summed E-state index contributed by atoms with van der Waals surface area (Å²) in [7, 11) is 4.64. The number of nitrogens with one attached hydrogen (secondary N) is 2. The van der Waals surface area contributed by atoms with E-state index in [0.29, 0.717) is 22.9 Å². The summed E-state index contributed by atoms with van der Waals surface area (Å²) in [5.41, 5.74) is 4.57. The maximum Gasteiger partial charge on any atom is 0.319 e. The number of carbonyl (C=O) groups is 1. The first-order valence-corrected chi connectivity index (χ1v) is 10.1. The molecule has 0 aliphatic heterocycles. The van der Waals surface area contributed by atoms with E-state index in [0.717, 1.165) is 24.8 Å². The highest BCUT2D eigenvalue weighted by Gasteiger charge is 2.18. The first-order chi connectivity index (χ1) is 14.1. The molecule has 1 atom stereocenters. The van der Waals surface area contributed by atoms with Crippen LogP contribution in [0.4, 0.5) is 10.5 Å². The van der Waals surface area contributed by atoms with E-state index in [4.69, 9.17) is 14.2 Å². The second-order valence-electron chi connectivity index (χ2n) is 7.21.